The third-order valence-electron chi connectivity index (χ3n) is 7.43. The average molecular weight is 572 g/mol. The summed E-state index contributed by atoms with van der Waals surface area (Å²) in [6, 6.07) is 14.1. The first kappa shape index (κ1) is 28.2. The second kappa shape index (κ2) is 11.6. The summed E-state index contributed by atoms with van der Waals surface area (Å²) in [5.41, 5.74) is 1.74. The Kier molecular flexibility index (Phi) is 8.01. The van der Waals surface area contributed by atoms with Crippen molar-refractivity contribution in [1.29, 1.82) is 0 Å². The summed E-state index contributed by atoms with van der Waals surface area (Å²) in [5.74, 6) is -2.67. The number of ether oxygens (including phenoxy) is 1. The molecule has 216 valence electrons. The third kappa shape index (κ3) is 6.21. The zero-order valence-corrected chi connectivity index (χ0v) is 22.1. The standard InChI is InChI=1S/C27H28F3N7O4/c1-41-22-8-7-19(37-26(27(28,29)30)33-34-35-37)11-18(22)14-31-21-9-10-36(15-20(21)16-5-3-2-4-6-16)25(40)17-12-23(38)32-24(39)13-17/h2-8,11,17,20-21,31H,9-10,12-15H2,1H3,(H,32,38,39)/t20-,21-/m0/s1. The average Bonchev–Trinajstić information content (AvgIpc) is 3.47. The molecule has 3 aromatic rings. The number of likely N-dealkylation sites (tertiary alicyclic amines) is 1. The zero-order valence-electron chi connectivity index (χ0n) is 22.1. The van der Waals surface area contributed by atoms with E-state index >= 15 is 0 Å². The molecule has 41 heavy (non-hydrogen) atoms. The Balaban J connectivity index is 1.35. The highest BCUT2D eigenvalue weighted by atomic mass is 19.4. The van der Waals surface area contributed by atoms with Crippen molar-refractivity contribution in [2.24, 2.45) is 5.92 Å². The molecule has 2 fully saturated rings. The number of carbonyl (C=O) groups is 3. The van der Waals surface area contributed by atoms with Crippen LogP contribution in [0.15, 0.2) is 48.5 Å². The Morgan fingerprint density at radius 2 is 1.85 bits per heavy atom. The van der Waals surface area contributed by atoms with Crippen molar-refractivity contribution >= 4 is 17.7 Å². The number of carbonyl (C=O) groups excluding carboxylic acids is 3. The number of tetrazole rings is 1. The van der Waals surface area contributed by atoms with Crippen LogP contribution in [0.25, 0.3) is 5.69 Å². The van der Waals surface area contributed by atoms with Gasteiger partial charge in [-0.1, -0.05) is 30.3 Å². The van der Waals surface area contributed by atoms with E-state index < -0.39 is 29.7 Å². The van der Waals surface area contributed by atoms with E-state index in [9.17, 15) is 27.6 Å². The highest BCUT2D eigenvalue weighted by molar-refractivity contribution is 6.02. The van der Waals surface area contributed by atoms with Crippen molar-refractivity contribution in [2.75, 3.05) is 20.2 Å². The maximum atomic E-state index is 13.4. The molecule has 0 spiro atoms. The fourth-order valence-electron chi connectivity index (χ4n) is 5.46. The van der Waals surface area contributed by atoms with Gasteiger partial charge in [0.05, 0.1) is 18.7 Å². The van der Waals surface area contributed by atoms with E-state index in [4.69, 9.17) is 4.74 Å². The monoisotopic (exact) mass is 571 g/mol. The molecule has 1 aromatic heterocycles. The van der Waals surface area contributed by atoms with Gasteiger partial charge >= 0.3 is 6.18 Å². The Morgan fingerprint density at radius 1 is 1.12 bits per heavy atom. The lowest BCUT2D eigenvalue weighted by Crippen LogP contribution is -2.52. The number of methoxy groups -OCH3 is 1. The van der Waals surface area contributed by atoms with Crippen molar-refractivity contribution in [3.8, 4) is 11.4 Å². The first-order valence-corrected chi connectivity index (χ1v) is 13.1. The van der Waals surface area contributed by atoms with E-state index in [-0.39, 0.29) is 42.9 Å². The molecule has 11 nitrogen and oxygen atoms in total. The number of hydrogen-bond acceptors (Lipinski definition) is 8. The van der Waals surface area contributed by atoms with Crippen LogP contribution in [0.5, 0.6) is 5.75 Å². The summed E-state index contributed by atoms with van der Waals surface area (Å²) in [5, 5.41) is 15.6. The van der Waals surface area contributed by atoms with Crippen LogP contribution in [0.2, 0.25) is 0 Å². The molecular weight excluding hydrogens is 543 g/mol. The van der Waals surface area contributed by atoms with Crippen molar-refractivity contribution in [3.63, 3.8) is 0 Å². The van der Waals surface area contributed by atoms with Gasteiger partial charge in [0, 0.05) is 50.0 Å². The molecule has 3 amide bonds. The van der Waals surface area contributed by atoms with Crippen LogP contribution in [0, 0.1) is 5.92 Å². The lowest BCUT2D eigenvalue weighted by molar-refractivity contribution is -0.146. The number of hydrogen-bond donors (Lipinski definition) is 2. The van der Waals surface area contributed by atoms with E-state index in [0.29, 0.717) is 35.5 Å². The summed E-state index contributed by atoms with van der Waals surface area (Å²) in [4.78, 5) is 38.7. The molecule has 2 aromatic carbocycles. The topological polar surface area (TPSA) is 131 Å². The number of aromatic nitrogens is 4. The molecule has 2 N–H and O–H groups in total. The van der Waals surface area contributed by atoms with Gasteiger partial charge in [-0.15, -0.1) is 5.10 Å². The van der Waals surface area contributed by atoms with Crippen LogP contribution < -0.4 is 15.4 Å². The van der Waals surface area contributed by atoms with E-state index in [2.05, 4.69) is 26.2 Å². The second-order valence-electron chi connectivity index (χ2n) is 10.1. The minimum Gasteiger partial charge on any atom is -0.496 e. The Bertz CT molecular complexity index is 1410. The largest absolute Gasteiger partial charge is 0.496 e. The Morgan fingerprint density at radius 3 is 2.54 bits per heavy atom. The van der Waals surface area contributed by atoms with Crippen LogP contribution >= 0.6 is 0 Å². The van der Waals surface area contributed by atoms with E-state index in [1.807, 2.05) is 30.3 Å². The third-order valence-corrected chi connectivity index (χ3v) is 7.43. The fraction of sp³-hybridized carbons (Fsp3) is 0.407. The Hall–Kier alpha value is -4.33. The molecule has 5 rings (SSSR count). The smallest absolute Gasteiger partial charge is 0.453 e. The summed E-state index contributed by atoms with van der Waals surface area (Å²) in [7, 11) is 1.48. The molecule has 3 heterocycles. The molecule has 0 unspecified atom stereocenters. The van der Waals surface area contributed by atoms with Crippen LogP contribution in [-0.2, 0) is 27.1 Å². The van der Waals surface area contributed by atoms with Crippen LogP contribution in [-0.4, -0.2) is 69.1 Å². The summed E-state index contributed by atoms with van der Waals surface area (Å²) in [6.45, 7) is 1.06. The number of halogens is 3. The predicted molar refractivity (Wildman–Crippen MR) is 138 cm³/mol. The molecule has 2 atom stereocenters. The number of piperidine rings is 2. The first-order valence-electron chi connectivity index (χ1n) is 13.1. The molecule has 14 heteroatoms. The number of imide groups is 1. The van der Waals surface area contributed by atoms with E-state index in [1.54, 1.807) is 17.0 Å². The summed E-state index contributed by atoms with van der Waals surface area (Å²) < 4.78 is 46.3. The van der Waals surface area contributed by atoms with Gasteiger partial charge in [0.25, 0.3) is 5.82 Å². The van der Waals surface area contributed by atoms with E-state index in [0.717, 1.165) is 5.56 Å². The molecule has 0 saturated carbocycles. The fourth-order valence-corrected chi connectivity index (χ4v) is 5.46. The van der Waals surface area contributed by atoms with Crippen molar-refractivity contribution in [3.05, 3.63) is 65.5 Å². The number of benzene rings is 2. The van der Waals surface area contributed by atoms with Gasteiger partial charge in [0.1, 0.15) is 5.75 Å². The molecule has 2 saturated heterocycles. The lowest BCUT2D eigenvalue weighted by Gasteiger charge is -2.41. The number of alkyl halides is 3. The number of nitrogens with one attached hydrogen (secondary N) is 2. The number of amides is 3. The van der Waals surface area contributed by atoms with Crippen LogP contribution in [0.3, 0.4) is 0 Å². The van der Waals surface area contributed by atoms with Crippen molar-refractivity contribution in [2.45, 2.75) is 43.9 Å². The van der Waals surface area contributed by atoms with Crippen LogP contribution in [0.1, 0.15) is 42.1 Å². The maximum Gasteiger partial charge on any atom is 0.453 e. The van der Waals surface area contributed by atoms with Gasteiger partial charge in [-0.2, -0.15) is 17.9 Å². The lowest BCUT2D eigenvalue weighted by atomic mass is 9.84. The molecule has 2 aliphatic heterocycles. The van der Waals surface area contributed by atoms with Gasteiger partial charge in [-0.05, 0) is 40.6 Å². The predicted octanol–water partition coefficient (Wildman–Crippen LogP) is 2.22. The van der Waals surface area contributed by atoms with Gasteiger partial charge in [-0.25, -0.2) is 0 Å². The number of rotatable bonds is 7. The molecule has 2 aliphatic rings. The molecule has 0 bridgehead atoms. The van der Waals surface area contributed by atoms with Gasteiger partial charge in [0.2, 0.25) is 17.7 Å². The van der Waals surface area contributed by atoms with Gasteiger partial charge < -0.3 is 15.0 Å². The number of nitrogens with zero attached hydrogens (tertiary/aromatic N) is 5. The Labute approximate surface area is 233 Å². The molecule has 0 radical (unpaired) electrons. The van der Waals surface area contributed by atoms with Gasteiger partial charge in [0.15, 0.2) is 0 Å². The second-order valence-corrected chi connectivity index (χ2v) is 10.1. The summed E-state index contributed by atoms with van der Waals surface area (Å²) in [6.07, 6.45) is -4.20. The minimum absolute atomic E-state index is 0.0216. The van der Waals surface area contributed by atoms with Crippen LogP contribution in [0.4, 0.5) is 13.2 Å². The maximum absolute atomic E-state index is 13.4. The van der Waals surface area contributed by atoms with E-state index in [1.165, 1.54) is 13.2 Å². The SMILES string of the molecule is COc1ccc(-n2nnnc2C(F)(F)F)cc1CN[C@H]1CCN(C(=O)C2CC(=O)NC(=O)C2)C[C@H]1c1ccccc1. The summed E-state index contributed by atoms with van der Waals surface area (Å²) >= 11 is 0. The highest BCUT2D eigenvalue weighted by Gasteiger charge is 2.39. The highest BCUT2D eigenvalue weighted by Crippen LogP contribution is 2.32. The first-order chi connectivity index (χ1) is 19.6. The molecule has 0 aliphatic carbocycles. The van der Waals surface area contributed by atoms with Gasteiger partial charge in [-0.3, -0.25) is 19.7 Å². The zero-order chi connectivity index (χ0) is 29.1. The van der Waals surface area contributed by atoms with Crippen molar-refractivity contribution < 1.29 is 32.3 Å². The molecular formula is C27H28F3N7O4. The quantitative estimate of drug-likeness (QED) is 0.413. The minimum atomic E-state index is -4.73. The van der Waals surface area contributed by atoms with Crippen molar-refractivity contribution in [1.82, 2.24) is 35.7 Å². The normalized spacial score (nSPS) is 20.1.